The quantitative estimate of drug-likeness (QED) is 0.854. The third kappa shape index (κ3) is 3.03. The van der Waals surface area contributed by atoms with Gasteiger partial charge >= 0.3 is 0 Å². The Balaban J connectivity index is 1.49. The van der Waals surface area contributed by atoms with Gasteiger partial charge in [0.15, 0.2) is 0 Å². The maximum absolute atomic E-state index is 5.82. The van der Waals surface area contributed by atoms with Crippen LogP contribution >= 0.6 is 0 Å². The van der Waals surface area contributed by atoms with Gasteiger partial charge in [0.05, 0.1) is 13.1 Å². The van der Waals surface area contributed by atoms with Gasteiger partial charge in [-0.25, -0.2) is 0 Å². The van der Waals surface area contributed by atoms with Crippen molar-refractivity contribution in [1.29, 1.82) is 0 Å². The largest absolute Gasteiger partial charge is 0.463 e. The van der Waals surface area contributed by atoms with Gasteiger partial charge in [-0.15, -0.1) is 0 Å². The average molecular weight is 262 g/mol. The highest BCUT2D eigenvalue weighted by Crippen LogP contribution is 2.48. The summed E-state index contributed by atoms with van der Waals surface area (Å²) in [4.78, 5) is 2.44. The maximum Gasteiger partial charge on any atom is 0.118 e. The Morgan fingerprint density at radius 3 is 2.79 bits per heavy atom. The molecule has 3 heteroatoms. The highest BCUT2D eigenvalue weighted by Gasteiger charge is 2.39. The van der Waals surface area contributed by atoms with Crippen molar-refractivity contribution in [2.24, 2.45) is 17.8 Å². The zero-order valence-corrected chi connectivity index (χ0v) is 12.2. The van der Waals surface area contributed by atoms with Crippen LogP contribution in [0.25, 0.3) is 0 Å². The van der Waals surface area contributed by atoms with E-state index < -0.39 is 0 Å². The Labute approximate surface area is 116 Å². The third-order valence-electron chi connectivity index (χ3n) is 4.92. The van der Waals surface area contributed by atoms with Gasteiger partial charge in [-0.05, 0) is 63.2 Å². The van der Waals surface area contributed by atoms with E-state index in [1.807, 2.05) is 7.05 Å². The number of rotatable bonds is 6. The summed E-state index contributed by atoms with van der Waals surface area (Å²) in [7, 11) is 4.18. The summed E-state index contributed by atoms with van der Waals surface area (Å²) < 4.78 is 5.82. The second-order valence-corrected chi connectivity index (χ2v) is 6.53. The molecule has 3 unspecified atom stereocenters. The first-order valence-corrected chi connectivity index (χ1v) is 7.65. The predicted octanol–water partition coefficient (Wildman–Crippen LogP) is 2.87. The van der Waals surface area contributed by atoms with Gasteiger partial charge in [-0.1, -0.05) is 6.42 Å². The fourth-order valence-corrected chi connectivity index (χ4v) is 4.11. The van der Waals surface area contributed by atoms with Crippen molar-refractivity contribution >= 4 is 0 Å². The Morgan fingerprint density at radius 1 is 1.26 bits per heavy atom. The Kier molecular flexibility index (Phi) is 3.94. The standard InChI is InChI=1S/C16H26N2O/c1-17-9-15-5-6-16(19-15)11-18(2)10-14-8-12-3-4-13(14)7-12/h5-6,12-14,17H,3-4,7-11H2,1-2H3. The Bertz CT molecular complexity index is 415. The van der Waals surface area contributed by atoms with Crippen LogP contribution in [-0.2, 0) is 13.1 Å². The van der Waals surface area contributed by atoms with Crippen molar-refractivity contribution in [3.8, 4) is 0 Å². The molecule has 2 bridgehead atoms. The van der Waals surface area contributed by atoms with Crippen LogP contribution in [0.3, 0.4) is 0 Å². The van der Waals surface area contributed by atoms with E-state index in [0.717, 1.165) is 42.4 Å². The van der Waals surface area contributed by atoms with E-state index in [2.05, 4.69) is 29.4 Å². The molecular weight excluding hydrogens is 236 g/mol. The van der Waals surface area contributed by atoms with Crippen molar-refractivity contribution in [3.63, 3.8) is 0 Å². The molecule has 1 N–H and O–H groups in total. The number of hydrogen-bond acceptors (Lipinski definition) is 3. The maximum atomic E-state index is 5.82. The SMILES string of the molecule is CNCc1ccc(CN(C)CC2CC3CCC2C3)o1. The van der Waals surface area contributed by atoms with Crippen LogP contribution in [0, 0.1) is 17.8 Å². The summed E-state index contributed by atoms with van der Waals surface area (Å²) in [6.45, 7) is 3.00. The van der Waals surface area contributed by atoms with Crippen LogP contribution in [0.15, 0.2) is 16.5 Å². The first-order valence-electron chi connectivity index (χ1n) is 7.65. The summed E-state index contributed by atoms with van der Waals surface area (Å²) in [6.07, 6.45) is 5.95. The van der Waals surface area contributed by atoms with Gasteiger partial charge in [0.25, 0.3) is 0 Å². The minimum atomic E-state index is 0.816. The molecule has 0 spiro atoms. The summed E-state index contributed by atoms with van der Waals surface area (Å²) in [5.74, 6) is 5.13. The van der Waals surface area contributed by atoms with Crippen LogP contribution in [0.4, 0.5) is 0 Å². The second kappa shape index (κ2) is 5.68. The Hall–Kier alpha value is -0.800. The molecule has 2 fully saturated rings. The molecule has 2 aliphatic rings. The molecule has 0 aromatic carbocycles. The van der Waals surface area contributed by atoms with Crippen molar-refractivity contribution < 1.29 is 4.42 Å². The smallest absolute Gasteiger partial charge is 0.118 e. The molecule has 0 radical (unpaired) electrons. The summed E-state index contributed by atoms with van der Waals surface area (Å²) in [5.41, 5.74) is 0. The molecule has 1 heterocycles. The predicted molar refractivity (Wildman–Crippen MR) is 76.7 cm³/mol. The van der Waals surface area contributed by atoms with E-state index >= 15 is 0 Å². The molecular formula is C16H26N2O. The van der Waals surface area contributed by atoms with E-state index in [4.69, 9.17) is 4.42 Å². The number of nitrogens with zero attached hydrogens (tertiary/aromatic N) is 1. The van der Waals surface area contributed by atoms with Crippen LogP contribution in [-0.4, -0.2) is 25.5 Å². The Morgan fingerprint density at radius 2 is 2.11 bits per heavy atom. The minimum absolute atomic E-state index is 0.816. The lowest BCUT2D eigenvalue weighted by Crippen LogP contribution is -2.28. The first-order chi connectivity index (χ1) is 9.24. The molecule has 2 saturated carbocycles. The van der Waals surface area contributed by atoms with Crippen LogP contribution in [0.1, 0.15) is 37.2 Å². The molecule has 19 heavy (non-hydrogen) atoms. The van der Waals surface area contributed by atoms with Gasteiger partial charge < -0.3 is 9.73 Å². The zero-order valence-electron chi connectivity index (χ0n) is 12.2. The number of fused-ring (bicyclic) bond motifs is 2. The molecule has 3 atom stereocenters. The molecule has 3 rings (SSSR count). The molecule has 2 aliphatic carbocycles. The third-order valence-corrected chi connectivity index (χ3v) is 4.92. The lowest BCUT2D eigenvalue weighted by atomic mass is 9.88. The first kappa shape index (κ1) is 13.2. The number of furan rings is 1. The monoisotopic (exact) mass is 262 g/mol. The molecule has 3 nitrogen and oxygen atoms in total. The van der Waals surface area contributed by atoms with Gasteiger partial charge in [0, 0.05) is 6.54 Å². The summed E-state index contributed by atoms with van der Waals surface area (Å²) in [6, 6.07) is 4.20. The summed E-state index contributed by atoms with van der Waals surface area (Å²) in [5, 5.41) is 3.12. The average Bonchev–Trinajstić information content (AvgIpc) is 3.06. The van der Waals surface area contributed by atoms with Gasteiger partial charge in [-0.2, -0.15) is 0 Å². The van der Waals surface area contributed by atoms with E-state index in [-0.39, 0.29) is 0 Å². The van der Waals surface area contributed by atoms with Crippen molar-refractivity contribution in [3.05, 3.63) is 23.7 Å². The van der Waals surface area contributed by atoms with Crippen LogP contribution in [0.2, 0.25) is 0 Å². The van der Waals surface area contributed by atoms with E-state index in [1.54, 1.807) is 0 Å². The minimum Gasteiger partial charge on any atom is -0.463 e. The van der Waals surface area contributed by atoms with Crippen LogP contribution < -0.4 is 5.32 Å². The van der Waals surface area contributed by atoms with E-state index in [1.165, 1.54) is 32.2 Å². The normalized spacial score (nSPS) is 29.5. The lowest BCUT2D eigenvalue weighted by Gasteiger charge is -2.26. The fraction of sp³-hybridized carbons (Fsp3) is 0.750. The number of hydrogen-bond donors (Lipinski definition) is 1. The highest BCUT2D eigenvalue weighted by atomic mass is 16.3. The topological polar surface area (TPSA) is 28.4 Å². The molecule has 0 saturated heterocycles. The van der Waals surface area contributed by atoms with E-state index in [9.17, 15) is 0 Å². The summed E-state index contributed by atoms with van der Waals surface area (Å²) >= 11 is 0. The van der Waals surface area contributed by atoms with Crippen molar-refractivity contribution in [2.45, 2.75) is 38.8 Å². The van der Waals surface area contributed by atoms with Gasteiger partial charge in [0.1, 0.15) is 11.5 Å². The molecule has 106 valence electrons. The zero-order chi connectivity index (χ0) is 13.2. The van der Waals surface area contributed by atoms with Crippen LogP contribution in [0.5, 0.6) is 0 Å². The molecule has 0 amide bonds. The highest BCUT2D eigenvalue weighted by molar-refractivity contribution is 5.07. The van der Waals surface area contributed by atoms with Crippen molar-refractivity contribution in [2.75, 3.05) is 20.6 Å². The molecule has 1 aromatic heterocycles. The van der Waals surface area contributed by atoms with Gasteiger partial charge in [0.2, 0.25) is 0 Å². The van der Waals surface area contributed by atoms with Gasteiger partial charge in [-0.3, -0.25) is 4.90 Å². The van der Waals surface area contributed by atoms with E-state index in [0.29, 0.717) is 0 Å². The van der Waals surface area contributed by atoms with Crippen molar-refractivity contribution in [1.82, 2.24) is 10.2 Å². The molecule has 0 aliphatic heterocycles. The molecule has 1 aromatic rings. The second-order valence-electron chi connectivity index (χ2n) is 6.53. The lowest BCUT2D eigenvalue weighted by molar-refractivity contribution is 0.203. The fourth-order valence-electron chi connectivity index (χ4n) is 4.11. The number of nitrogens with one attached hydrogen (secondary N) is 1.